The van der Waals surface area contributed by atoms with Crippen molar-refractivity contribution in [2.45, 2.75) is 51.4 Å². The number of hydrogen-bond acceptors (Lipinski definition) is 4. The van der Waals surface area contributed by atoms with E-state index in [1.165, 1.54) is 6.26 Å². The van der Waals surface area contributed by atoms with Gasteiger partial charge in [0.1, 0.15) is 0 Å². The van der Waals surface area contributed by atoms with Crippen molar-refractivity contribution in [2.24, 2.45) is 0 Å². The van der Waals surface area contributed by atoms with Gasteiger partial charge in [-0.15, -0.1) is 0 Å². The van der Waals surface area contributed by atoms with Gasteiger partial charge in [0.25, 0.3) is 0 Å². The van der Waals surface area contributed by atoms with Gasteiger partial charge in [0.2, 0.25) is 0 Å². The average Bonchev–Trinajstić information content (AvgIpc) is 2.73. The third-order valence-electron chi connectivity index (χ3n) is 3.50. The molecule has 1 unspecified atom stereocenters. The quantitative estimate of drug-likeness (QED) is 0.830. The highest BCUT2D eigenvalue weighted by Crippen LogP contribution is 2.31. The van der Waals surface area contributed by atoms with Crippen molar-refractivity contribution < 1.29 is 8.42 Å². The molecule has 0 spiro atoms. The van der Waals surface area contributed by atoms with Gasteiger partial charge in [0, 0.05) is 24.6 Å². The van der Waals surface area contributed by atoms with E-state index in [-0.39, 0.29) is 6.04 Å². The minimum atomic E-state index is -3.17. The van der Waals surface area contributed by atoms with Crippen molar-refractivity contribution in [1.82, 2.24) is 15.1 Å². The van der Waals surface area contributed by atoms with E-state index in [4.69, 9.17) is 0 Å². The van der Waals surface area contributed by atoms with Crippen molar-refractivity contribution in [3.8, 4) is 0 Å². The molecule has 0 saturated heterocycles. The Kier molecular flexibility index (Phi) is 5.15. The van der Waals surface area contributed by atoms with E-state index in [0.29, 0.717) is 6.54 Å². The normalized spacial score (nSPS) is 14.6. The van der Waals surface area contributed by atoms with Crippen molar-refractivity contribution in [2.75, 3.05) is 12.8 Å². The summed E-state index contributed by atoms with van der Waals surface area (Å²) in [6, 6.07) is -0.252. The standard InChI is InChI=1S/C13H25N3O2S/c1-6-8-16-10-11(9-15-16)12(14-7-2)13(3,4)19(5,17)18/h9-10,12,14H,6-8H2,1-5H3. The predicted molar refractivity (Wildman–Crippen MR) is 77.9 cm³/mol. The highest BCUT2D eigenvalue weighted by Gasteiger charge is 2.40. The molecule has 6 heteroatoms. The van der Waals surface area contributed by atoms with E-state index in [9.17, 15) is 8.42 Å². The molecule has 0 aliphatic rings. The first-order valence-electron chi connectivity index (χ1n) is 6.69. The largest absolute Gasteiger partial charge is 0.309 e. The summed E-state index contributed by atoms with van der Waals surface area (Å²) in [7, 11) is -3.17. The van der Waals surface area contributed by atoms with Crippen LogP contribution in [0.1, 0.15) is 45.7 Å². The van der Waals surface area contributed by atoms with Crippen molar-refractivity contribution in [3.63, 3.8) is 0 Å². The monoisotopic (exact) mass is 287 g/mol. The molecule has 19 heavy (non-hydrogen) atoms. The number of rotatable bonds is 7. The van der Waals surface area contributed by atoms with Crippen LogP contribution in [0.4, 0.5) is 0 Å². The molecule has 1 aromatic heterocycles. The first-order chi connectivity index (χ1) is 8.74. The Balaban J connectivity index is 3.12. The summed E-state index contributed by atoms with van der Waals surface area (Å²) >= 11 is 0. The number of aryl methyl sites for hydroxylation is 1. The molecule has 0 aliphatic carbocycles. The molecule has 1 heterocycles. The van der Waals surface area contributed by atoms with Gasteiger partial charge in [0.15, 0.2) is 9.84 Å². The fraction of sp³-hybridized carbons (Fsp3) is 0.769. The molecule has 0 saturated carbocycles. The minimum Gasteiger partial charge on any atom is -0.309 e. The summed E-state index contributed by atoms with van der Waals surface area (Å²) < 4.78 is 25.0. The van der Waals surface area contributed by atoms with Crippen LogP contribution in [0.25, 0.3) is 0 Å². The zero-order valence-electron chi connectivity index (χ0n) is 12.5. The third kappa shape index (κ3) is 3.57. The Morgan fingerprint density at radius 2 is 2.05 bits per heavy atom. The highest BCUT2D eigenvalue weighted by molar-refractivity contribution is 7.92. The second-order valence-corrected chi connectivity index (χ2v) is 8.00. The number of nitrogens with one attached hydrogen (secondary N) is 1. The van der Waals surface area contributed by atoms with Crippen molar-refractivity contribution in [1.29, 1.82) is 0 Å². The Morgan fingerprint density at radius 1 is 1.42 bits per heavy atom. The zero-order valence-corrected chi connectivity index (χ0v) is 13.3. The first kappa shape index (κ1) is 16.2. The van der Waals surface area contributed by atoms with Crippen molar-refractivity contribution in [3.05, 3.63) is 18.0 Å². The molecule has 5 nitrogen and oxygen atoms in total. The molecular weight excluding hydrogens is 262 g/mol. The molecule has 110 valence electrons. The smallest absolute Gasteiger partial charge is 0.154 e. The van der Waals surface area contributed by atoms with Crippen LogP contribution in [0.15, 0.2) is 12.4 Å². The summed E-state index contributed by atoms with van der Waals surface area (Å²) in [6.07, 6.45) is 5.98. The molecule has 0 radical (unpaired) electrons. The summed E-state index contributed by atoms with van der Waals surface area (Å²) in [5.41, 5.74) is 0.922. The van der Waals surface area contributed by atoms with Crippen LogP contribution in [0.5, 0.6) is 0 Å². The topological polar surface area (TPSA) is 64.0 Å². The average molecular weight is 287 g/mol. The fourth-order valence-electron chi connectivity index (χ4n) is 2.06. The zero-order chi connectivity index (χ0) is 14.7. The van der Waals surface area contributed by atoms with Gasteiger partial charge in [-0.3, -0.25) is 4.68 Å². The van der Waals surface area contributed by atoms with Gasteiger partial charge in [-0.2, -0.15) is 5.10 Å². The van der Waals surface area contributed by atoms with Crippen molar-refractivity contribution >= 4 is 9.84 Å². The van der Waals surface area contributed by atoms with E-state index >= 15 is 0 Å². The van der Waals surface area contributed by atoms with Crippen LogP contribution >= 0.6 is 0 Å². The number of sulfone groups is 1. The van der Waals surface area contributed by atoms with Gasteiger partial charge in [0.05, 0.1) is 17.0 Å². The molecule has 1 rings (SSSR count). The van der Waals surface area contributed by atoms with E-state index in [2.05, 4.69) is 17.3 Å². The predicted octanol–water partition coefficient (Wildman–Crippen LogP) is 1.77. The maximum absolute atomic E-state index is 12.0. The van der Waals surface area contributed by atoms with E-state index in [1.807, 2.05) is 17.8 Å². The van der Waals surface area contributed by atoms with E-state index in [0.717, 1.165) is 18.5 Å². The third-order valence-corrected chi connectivity index (χ3v) is 5.65. The number of aromatic nitrogens is 2. The van der Waals surface area contributed by atoms with E-state index in [1.54, 1.807) is 20.0 Å². The van der Waals surface area contributed by atoms with Crippen LogP contribution in [-0.2, 0) is 16.4 Å². The fourth-order valence-corrected chi connectivity index (χ4v) is 2.71. The van der Waals surface area contributed by atoms with Gasteiger partial charge < -0.3 is 5.32 Å². The second-order valence-electron chi connectivity index (χ2n) is 5.40. The molecule has 0 bridgehead atoms. The van der Waals surface area contributed by atoms with Gasteiger partial charge in [-0.25, -0.2) is 8.42 Å². The lowest BCUT2D eigenvalue weighted by molar-refractivity contribution is 0.427. The second kappa shape index (κ2) is 6.05. The Hall–Kier alpha value is -0.880. The van der Waals surface area contributed by atoms with Crippen LogP contribution in [0.2, 0.25) is 0 Å². The molecule has 0 fully saturated rings. The maximum atomic E-state index is 12.0. The summed E-state index contributed by atoms with van der Waals surface area (Å²) in [6.45, 7) is 9.13. The van der Waals surface area contributed by atoms with Crippen LogP contribution in [-0.4, -0.2) is 35.7 Å². The van der Waals surface area contributed by atoms with Crippen LogP contribution in [0.3, 0.4) is 0 Å². The Bertz CT molecular complexity index is 506. The van der Waals surface area contributed by atoms with Gasteiger partial charge in [-0.05, 0) is 26.8 Å². The molecule has 0 amide bonds. The lowest BCUT2D eigenvalue weighted by Crippen LogP contribution is -2.44. The molecule has 0 aliphatic heterocycles. The lowest BCUT2D eigenvalue weighted by atomic mass is 9.97. The number of hydrogen-bond donors (Lipinski definition) is 1. The summed E-state index contributed by atoms with van der Waals surface area (Å²) in [4.78, 5) is 0. The maximum Gasteiger partial charge on any atom is 0.154 e. The Labute approximate surface area is 116 Å². The SMILES string of the molecule is CCCn1cc(C(NCC)C(C)(C)S(C)(=O)=O)cn1. The molecule has 0 aromatic carbocycles. The molecular formula is C13H25N3O2S. The minimum absolute atomic E-state index is 0.252. The molecule has 1 atom stereocenters. The first-order valence-corrected chi connectivity index (χ1v) is 8.58. The number of nitrogens with zero attached hydrogens (tertiary/aromatic N) is 2. The summed E-state index contributed by atoms with van der Waals surface area (Å²) in [5, 5.41) is 7.56. The molecule has 1 N–H and O–H groups in total. The lowest BCUT2D eigenvalue weighted by Gasteiger charge is -2.32. The van der Waals surface area contributed by atoms with E-state index < -0.39 is 14.6 Å². The van der Waals surface area contributed by atoms with Gasteiger partial charge in [-0.1, -0.05) is 13.8 Å². The Morgan fingerprint density at radius 3 is 2.53 bits per heavy atom. The molecule has 1 aromatic rings. The van der Waals surface area contributed by atoms with Crippen LogP contribution in [0, 0.1) is 0 Å². The van der Waals surface area contributed by atoms with Gasteiger partial charge >= 0.3 is 0 Å². The summed E-state index contributed by atoms with van der Waals surface area (Å²) in [5.74, 6) is 0. The van der Waals surface area contributed by atoms with Crippen LogP contribution < -0.4 is 5.32 Å². The highest BCUT2D eigenvalue weighted by atomic mass is 32.2.